The van der Waals surface area contributed by atoms with Crippen LogP contribution in [0.15, 0.2) is 29.8 Å². The topological polar surface area (TPSA) is 56.0 Å². The smallest absolute Gasteiger partial charge is 0.258 e. The summed E-state index contributed by atoms with van der Waals surface area (Å²) in [5.74, 6) is 0. The van der Waals surface area contributed by atoms with Crippen molar-refractivity contribution in [1.29, 1.82) is 0 Å². The fourth-order valence-corrected chi connectivity index (χ4v) is 2.07. The van der Waals surface area contributed by atoms with Crippen molar-refractivity contribution < 1.29 is 18.1 Å². The standard InChI is InChI=1S/C10H5F3N2O2S/c11-10(12,13)6-1-2-7(8(5-6)15(16)17)9-14-3-4-18-9/h1-5H. The first-order valence-electron chi connectivity index (χ1n) is 4.65. The highest BCUT2D eigenvalue weighted by Crippen LogP contribution is 2.37. The van der Waals surface area contributed by atoms with Gasteiger partial charge in [0.05, 0.1) is 16.1 Å². The molecule has 0 unspecified atom stereocenters. The highest BCUT2D eigenvalue weighted by molar-refractivity contribution is 7.13. The van der Waals surface area contributed by atoms with Crippen molar-refractivity contribution >= 4 is 17.0 Å². The van der Waals surface area contributed by atoms with Gasteiger partial charge in [-0.25, -0.2) is 4.98 Å². The van der Waals surface area contributed by atoms with Gasteiger partial charge in [-0.2, -0.15) is 13.2 Å². The number of hydrogen-bond acceptors (Lipinski definition) is 4. The van der Waals surface area contributed by atoms with Gasteiger partial charge < -0.3 is 0 Å². The van der Waals surface area contributed by atoms with E-state index in [9.17, 15) is 23.3 Å². The molecule has 4 nitrogen and oxygen atoms in total. The maximum Gasteiger partial charge on any atom is 0.416 e. The fraction of sp³-hybridized carbons (Fsp3) is 0.100. The lowest BCUT2D eigenvalue weighted by atomic mass is 10.1. The summed E-state index contributed by atoms with van der Waals surface area (Å²) in [5, 5.41) is 12.7. The Kier molecular flexibility index (Phi) is 3.04. The Bertz CT molecular complexity index is 581. The predicted octanol–water partition coefficient (Wildman–Crippen LogP) is 3.74. The minimum atomic E-state index is -4.60. The van der Waals surface area contributed by atoms with E-state index in [-0.39, 0.29) is 5.56 Å². The maximum atomic E-state index is 12.5. The third kappa shape index (κ3) is 2.33. The molecule has 2 aromatic rings. The number of nitro benzene ring substituents is 1. The van der Waals surface area contributed by atoms with E-state index in [1.165, 1.54) is 6.20 Å². The van der Waals surface area contributed by atoms with Gasteiger partial charge in [0.2, 0.25) is 0 Å². The summed E-state index contributed by atoms with van der Waals surface area (Å²) >= 11 is 1.12. The molecule has 0 radical (unpaired) electrons. The quantitative estimate of drug-likeness (QED) is 0.619. The highest BCUT2D eigenvalue weighted by atomic mass is 32.1. The van der Waals surface area contributed by atoms with E-state index in [0.29, 0.717) is 11.1 Å². The number of thiazole rings is 1. The Balaban J connectivity index is 2.59. The number of halogens is 3. The van der Waals surface area contributed by atoms with Gasteiger partial charge in [0.15, 0.2) is 0 Å². The zero-order valence-corrected chi connectivity index (χ0v) is 9.46. The van der Waals surface area contributed by atoms with Crippen LogP contribution in [0.2, 0.25) is 0 Å². The predicted molar refractivity (Wildman–Crippen MR) is 59.2 cm³/mol. The van der Waals surface area contributed by atoms with Crippen LogP contribution in [0.5, 0.6) is 0 Å². The van der Waals surface area contributed by atoms with Gasteiger partial charge in [-0.1, -0.05) is 0 Å². The zero-order chi connectivity index (χ0) is 13.3. The molecular formula is C10H5F3N2O2S. The first-order valence-corrected chi connectivity index (χ1v) is 5.53. The molecular weight excluding hydrogens is 269 g/mol. The summed E-state index contributed by atoms with van der Waals surface area (Å²) in [6.45, 7) is 0. The van der Waals surface area contributed by atoms with Crippen LogP contribution in [-0.2, 0) is 6.18 Å². The summed E-state index contributed by atoms with van der Waals surface area (Å²) < 4.78 is 37.4. The van der Waals surface area contributed by atoms with E-state index in [2.05, 4.69) is 4.98 Å². The molecule has 8 heteroatoms. The van der Waals surface area contributed by atoms with E-state index in [1.807, 2.05) is 0 Å². The Morgan fingerprint density at radius 3 is 2.56 bits per heavy atom. The van der Waals surface area contributed by atoms with E-state index >= 15 is 0 Å². The van der Waals surface area contributed by atoms with Gasteiger partial charge in [0.1, 0.15) is 5.01 Å². The molecule has 0 spiro atoms. The first kappa shape index (κ1) is 12.5. The van der Waals surface area contributed by atoms with Crippen molar-refractivity contribution in [3.05, 3.63) is 45.5 Å². The maximum absolute atomic E-state index is 12.5. The first-order chi connectivity index (χ1) is 8.39. The molecule has 0 aliphatic heterocycles. The van der Waals surface area contributed by atoms with Crippen LogP contribution in [-0.4, -0.2) is 9.91 Å². The Morgan fingerprint density at radius 1 is 1.33 bits per heavy atom. The van der Waals surface area contributed by atoms with Gasteiger partial charge in [-0.3, -0.25) is 10.1 Å². The van der Waals surface area contributed by atoms with Gasteiger partial charge in [0, 0.05) is 17.6 Å². The second-order valence-electron chi connectivity index (χ2n) is 3.32. The van der Waals surface area contributed by atoms with Crippen LogP contribution in [0.3, 0.4) is 0 Å². The molecule has 0 bridgehead atoms. The summed E-state index contributed by atoms with van der Waals surface area (Å²) in [7, 11) is 0. The van der Waals surface area contributed by atoms with Gasteiger partial charge in [-0.15, -0.1) is 11.3 Å². The lowest BCUT2D eigenvalue weighted by Crippen LogP contribution is -2.06. The Labute approximate surface area is 103 Å². The van der Waals surface area contributed by atoms with Crippen molar-refractivity contribution in [1.82, 2.24) is 4.98 Å². The van der Waals surface area contributed by atoms with Crippen LogP contribution in [0, 0.1) is 10.1 Å². The number of alkyl halides is 3. The van der Waals surface area contributed by atoms with Crippen LogP contribution < -0.4 is 0 Å². The third-order valence-electron chi connectivity index (χ3n) is 2.18. The highest BCUT2D eigenvalue weighted by Gasteiger charge is 2.33. The minimum absolute atomic E-state index is 0.0861. The molecule has 0 aliphatic rings. The average Bonchev–Trinajstić information content (AvgIpc) is 2.80. The van der Waals surface area contributed by atoms with Crippen LogP contribution >= 0.6 is 11.3 Å². The van der Waals surface area contributed by atoms with Crippen molar-refractivity contribution in [3.8, 4) is 10.6 Å². The third-order valence-corrected chi connectivity index (χ3v) is 2.99. The molecule has 18 heavy (non-hydrogen) atoms. The number of benzene rings is 1. The number of nitrogens with zero attached hydrogens (tertiary/aromatic N) is 2. The molecule has 0 saturated heterocycles. The number of aromatic nitrogens is 1. The molecule has 0 atom stereocenters. The van der Waals surface area contributed by atoms with Crippen molar-refractivity contribution in [3.63, 3.8) is 0 Å². The molecule has 2 rings (SSSR count). The monoisotopic (exact) mass is 274 g/mol. The molecule has 0 fully saturated rings. The van der Waals surface area contributed by atoms with Crippen molar-refractivity contribution in [2.75, 3.05) is 0 Å². The van der Waals surface area contributed by atoms with Crippen molar-refractivity contribution in [2.24, 2.45) is 0 Å². The van der Waals surface area contributed by atoms with Gasteiger partial charge >= 0.3 is 6.18 Å². The second kappa shape index (κ2) is 4.37. The number of rotatable bonds is 2. The minimum Gasteiger partial charge on any atom is -0.258 e. The van der Waals surface area contributed by atoms with Crippen LogP contribution in [0.1, 0.15) is 5.56 Å². The molecule has 0 N–H and O–H groups in total. The van der Waals surface area contributed by atoms with Gasteiger partial charge in [0.25, 0.3) is 5.69 Å². The molecule has 0 amide bonds. The van der Waals surface area contributed by atoms with E-state index in [0.717, 1.165) is 23.5 Å². The summed E-state index contributed by atoms with van der Waals surface area (Å²) in [5.41, 5.74) is -1.56. The van der Waals surface area contributed by atoms with Crippen LogP contribution in [0.4, 0.5) is 18.9 Å². The van der Waals surface area contributed by atoms with E-state index in [4.69, 9.17) is 0 Å². The molecule has 1 heterocycles. The largest absolute Gasteiger partial charge is 0.416 e. The normalized spacial score (nSPS) is 11.5. The van der Waals surface area contributed by atoms with E-state index < -0.39 is 22.4 Å². The second-order valence-corrected chi connectivity index (χ2v) is 4.22. The van der Waals surface area contributed by atoms with Crippen molar-refractivity contribution in [2.45, 2.75) is 6.18 Å². The molecule has 1 aromatic heterocycles. The molecule has 94 valence electrons. The fourth-order valence-electron chi connectivity index (χ4n) is 1.40. The zero-order valence-electron chi connectivity index (χ0n) is 8.64. The molecule has 0 aliphatic carbocycles. The average molecular weight is 274 g/mol. The van der Waals surface area contributed by atoms with Crippen LogP contribution in [0.25, 0.3) is 10.6 Å². The van der Waals surface area contributed by atoms with Gasteiger partial charge in [-0.05, 0) is 12.1 Å². The number of hydrogen-bond donors (Lipinski definition) is 0. The Hall–Kier alpha value is -1.96. The SMILES string of the molecule is O=[N+]([O-])c1cc(C(F)(F)F)ccc1-c1nccs1. The molecule has 0 saturated carbocycles. The Morgan fingerprint density at radius 2 is 2.06 bits per heavy atom. The number of nitro groups is 1. The molecule has 1 aromatic carbocycles. The van der Waals surface area contributed by atoms with E-state index in [1.54, 1.807) is 5.38 Å². The lowest BCUT2D eigenvalue weighted by molar-refractivity contribution is -0.384. The summed E-state index contributed by atoms with van der Waals surface area (Å²) in [6, 6.07) is 2.40. The summed E-state index contributed by atoms with van der Waals surface area (Å²) in [4.78, 5) is 13.8. The lowest BCUT2D eigenvalue weighted by Gasteiger charge is -2.07. The summed E-state index contributed by atoms with van der Waals surface area (Å²) in [6.07, 6.45) is -3.17.